The van der Waals surface area contributed by atoms with Gasteiger partial charge in [-0.25, -0.2) is 4.79 Å². The molecule has 0 bridgehead atoms. The third-order valence-electron chi connectivity index (χ3n) is 4.17. The Morgan fingerprint density at radius 1 is 0.880 bits per heavy atom. The quantitative estimate of drug-likeness (QED) is 0.729. The van der Waals surface area contributed by atoms with Crippen molar-refractivity contribution < 1.29 is 9.53 Å². The van der Waals surface area contributed by atoms with E-state index in [1.807, 2.05) is 36.4 Å². The minimum Gasteiger partial charge on any atom is -0.465 e. The molecule has 0 saturated carbocycles. The summed E-state index contributed by atoms with van der Waals surface area (Å²) in [6.45, 7) is 0. The van der Waals surface area contributed by atoms with Crippen LogP contribution in [0.25, 0.3) is 0 Å². The van der Waals surface area contributed by atoms with Crippen molar-refractivity contribution in [2.45, 2.75) is 12.8 Å². The lowest BCUT2D eigenvalue weighted by Gasteiger charge is -2.12. The Kier molecular flexibility index (Phi) is 5.09. The molecule has 25 heavy (non-hydrogen) atoms. The Balaban J connectivity index is 1.96. The minimum atomic E-state index is -0.614. The molecule has 0 fully saturated rings. The van der Waals surface area contributed by atoms with Crippen LogP contribution in [-0.4, -0.2) is 18.1 Å². The van der Waals surface area contributed by atoms with Crippen LogP contribution in [0.2, 0.25) is 0 Å². The lowest BCUT2D eigenvalue weighted by atomic mass is 9.94. The van der Waals surface area contributed by atoms with E-state index in [0.29, 0.717) is 12.0 Å². The molecule has 0 saturated heterocycles. The highest BCUT2D eigenvalue weighted by atomic mass is 16.5. The van der Waals surface area contributed by atoms with Gasteiger partial charge in [-0.2, -0.15) is 0 Å². The number of benzene rings is 2. The number of H-pyrrole nitrogens is 1. The van der Waals surface area contributed by atoms with E-state index in [0.717, 1.165) is 12.0 Å². The second kappa shape index (κ2) is 7.62. The van der Waals surface area contributed by atoms with Gasteiger partial charge < -0.3 is 9.72 Å². The van der Waals surface area contributed by atoms with Gasteiger partial charge in [-0.05, 0) is 41.2 Å². The van der Waals surface area contributed by atoms with Gasteiger partial charge in [-0.1, -0.05) is 54.6 Å². The molecule has 0 aliphatic heterocycles. The first-order valence-corrected chi connectivity index (χ1v) is 8.08. The molecule has 1 heterocycles. The van der Waals surface area contributed by atoms with Crippen LogP contribution < -0.4 is 5.56 Å². The lowest BCUT2D eigenvalue weighted by Crippen LogP contribution is -2.21. The number of carbonyl (C=O) groups excluding carboxylic acids is 1. The standard InChI is InChI=1S/C21H19NO3/c1-25-21(24)19-18(11-12-22-20(19)23)14-17-10-6-5-9-16(17)13-15-7-3-2-4-8-15/h2-12H,13-14H2,1H3,(H,22,23). The van der Waals surface area contributed by atoms with Crippen LogP contribution in [-0.2, 0) is 17.6 Å². The van der Waals surface area contributed by atoms with E-state index in [9.17, 15) is 9.59 Å². The maximum Gasteiger partial charge on any atom is 0.343 e. The topological polar surface area (TPSA) is 59.2 Å². The van der Waals surface area contributed by atoms with E-state index < -0.39 is 11.5 Å². The normalized spacial score (nSPS) is 10.4. The van der Waals surface area contributed by atoms with Crippen molar-refractivity contribution in [2.75, 3.05) is 7.11 Å². The summed E-state index contributed by atoms with van der Waals surface area (Å²) in [6, 6.07) is 20.0. The molecule has 126 valence electrons. The molecule has 2 aromatic carbocycles. The number of aromatic nitrogens is 1. The van der Waals surface area contributed by atoms with Crippen molar-refractivity contribution in [3.63, 3.8) is 0 Å². The van der Waals surface area contributed by atoms with Crippen molar-refractivity contribution in [1.29, 1.82) is 0 Å². The number of rotatable bonds is 5. The average Bonchev–Trinajstić information content (AvgIpc) is 2.64. The van der Waals surface area contributed by atoms with E-state index in [-0.39, 0.29) is 5.56 Å². The van der Waals surface area contributed by atoms with Gasteiger partial charge >= 0.3 is 5.97 Å². The monoisotopic (exact) mass is 333 g/mol. The molecule has 4 nitrogen and oxygen atoms in total. The number of pyridine rings is 1. The van der Waals surface area contributed by atoms with Gasteiger partial charge in [0, 0.05) is 6.20 Å². The van der Waals surface area contributed by atoms with Gasteiger partial charge in [0.25, 0.3) is 5.56 Å². The SMILES string of the molecule is COC(=O)c1c(Cc2ccccc2Cc2ccccc2)cc[nH]c1=O. The maximum absolute atomic E-state index is 12.1. The molecule has 0 atom stereocenters. The fourth-order valence-corrected chi connectivity index (χ4v) is 2.92. The predicted molar refractivity (Wildman–Crippen MR) is 96.9 cm³/mol. The van der Waals surface area contributed by atoms with E-state index in [2.05, 4.69) is 23.2 Å². The number of hydrogen-bond donors (Lipinski definition) is 1. The third-order valence-corrected chi connectivity index (χ3v) is 4.17. The average molecular weight is 333 g/mol. The van der Waals surface area contributed by atoms with Crippen molar-refractivity contribution in [3.05, 3.63) is 105 Å². The maximum atomic E-state index is 12.1. The molecular formula is C21H19NO3. The molecule has 0 aliphatic rings. The zero-order valence-electron chi connectivity index (χ0n) is 14.0. The summed E-state index contributed by atoms with van der Waals surface area (Å²) >= 11 is 0. The third kappa shape index (κ3) is 3.86. The van der Waals surface area contributed by atoms with Gasteiger partial charge in [0.05, 0.1) is 7.11 Å². The molecule has 1 aromatic heterocycles. The van der Waals surface area contributed by atoms with Gasteiger partial charge in [-0.3, -0.25) is 4.79 Å². The number of hydrogen-bond acceptors (Lipinski definition) is 3. The molecule has 0 amide bonds. The first-order chi connectivity index (χ1) is 12.2. The van der Waals surface area contributed by atoms with E-state index in [4.69, 9.17) is 4.74 Å². The molecule has 4 heteroatoms. The fraction of sp³-hybridized carbons (Fsp3) is 0.143. The van der Waals surface area contributed by atoms with Crippen molar-refractivity contribution in [2.24, 2.45) is 0 Å². The molecular weight excluding hydrogens is 314 g/mol. The highest BCUT2D eigenvalue weighted by molar-refractivity contribution is 5.90. The lowest BCUT2D eigenvalue weighted by molar-refractivity contribution is 0.0597. The number of nitrogens with one attached hydrogen (secondary N) is 1. The smallest absolute Gasteiger partial charge is 0.343 e. The van der Waals surface area contributed by atoms with E-state index >= 15 is 0 Å². The number of carbonyl (C=O) groups is 1. The van der Waals surface area contributed by atoms with Crippen molar-refractivity contribution in [1.82, 2.24) is 4.98 Å². The minimum absolute atomic E-state index is 0.0690. The molecule has 0 aliphatic carbocycles. The molecule has 3 aromatic rings. The highest BCUT2D eigenvalue weighted by Crippen LogP contribution is 2.19. The zero-order chi connectivity index (χ0) is 17.6. The Morgan fingerprint density at radius 3 is 2.20 bits per heavy atom. The van der Waals surface area contributed by atoms with E-state index in [1.54, 1.807) is 12.3 Å². The largest absolute Gasteiger partial charge is 0.465 e. The fourth-order valence-electron chi connectivity index (χ4n) is 2.92. The number of ether oxygens (including phenoxy) is 1. The Hall–Kier alpha value is -3.14. The molecule has 0 radical (unpaired) electrons. The first kappa shape index (κ1) is 16.7. The summed E-state index contributed by atoms with van der Waals surface area (Å²) in [5, 5.41) is 0. The van der Waals surface area contributed by atoms with Crippen molar-refractivity contribution in [3.8, 4) is 0 Å². The predicted octanol–water partition coefficient (Wildman–Crippen LogP) is 3.34. The van der Waals surface area contributed by atoms with Crippen LogP contribution in [0.3, 0.4) is 0 Å². The Bertz CT molecular complexity index is 929. The van der Waals surface area contributed by atoms with Crippen LogP contribution in [0.1, 0.15) is 32.6 Å². The van der Waals surface area contributed by atoms with Crippen LogP contribution in [0.5, 0.6) is 0 Å². The summed E-state index contributed by atoms with van der Waals surface area (Å²) in [5.41, 5.74) is 3.78. The second-order valence-electron chi connectivity index (χ2n) is 5.81. The molecule has 0 spiro atoms. The van der Waals surface area contributed by atoms with Crippen LogP contribution >= 0.6 is 0 Å². The van der Waals surface area contributed by atoms with Crippen molar-refractivity contribution >= 4 is 5.97 Å². The molecule has 1 N–H and O–H groups in total. The van der Waals surface area contributed by atoms with Gasteiger partial charge in [-0.15, -0.1) is 0 Å². The Morgan fingerprint density at radius 2 is 1.52 bits per heavy atom. The van der Waals surface area contributed by atoms with Crippen LogP contribution in [0.4, 0.5) is 0 Å². The summed E-state index contributed by atoms with van der Waals surface area (Å²) in [5.74, 6) is -0.614. The molecule has 3 rings (SSSR count). The van der Waals surface area contributed by atoms with Gasteiger partial charge in [0.2, 0.25) is 0 Å². The number of methoxy groups -OCH3 is 1. The summed E-state index contributed by atoms with van der Waals surface area (Å²) in [7, 11) is 1.28. The highest BCUT2D eigenvalue weighted by Gasteiger charge is 2.17. The summed E-state index contributed by atoms with van der Waals surface area (Å²) in [6.07, 6.45) is 2.86. The summed E-state index contributed by atoms with van der Waals surface area (Å²) < 4.78 is 4.76. The summed E-state index contributed by atoms with van der Waals surface area (Å²) in [4.78, 5) is 26.6. The van der Waals surface area contributed by atoms with Gasteiger partial charge in [0.15, 0.2) is 0 Å². The second-order valence-corrected chi connectivity index (χ2v) is 5.81. The number of aromatic amines is 1. The Labute approximate surface area is 146 Å². The first-order valence-electron chi connectivity index (χ1n) is 8.08. The number of esters is 1. The van der Waals surface area contributed by atoms with Gasteiger partial charge in [0.1, 0.15) is 5.56 Å². The molecule has 0 unspecified atom stereocenters. The van der Waals surface area contributed by atoms with Crippen LogP contribution in [0.15, 0.2) is 71.7 Å². The van der Waals surface area contributed by atoms with Crippen LogP contribution in [0, 0.1) is 0 Å². The van der Waals surface area contributed by atoms with E-state index in [1.165, 1.54) is 18.2 Å². The zero-order valence-corrected chi connectivity index (χ0v) is 14.0.